The number of aryl methyl sites for hydroxylation is 1. The molecule has 0 atom stereocenters. The summed E-state index contributed by atoms with van der Waals surface area (Å²) in [6, 6.07) is 16.0. The van der Waals surface area contributed by atoms with Crippen molar-refractivity contribution >= 4 is 34.8 Å². The highest BCUT2D eigenvalue weighted by molar-refractivity contribution is 6.39. The molecule has 0 aliphatic heterocycles. The molecule has 2 rings (SSSR count). The molecular formula is C19H20N4O3. The molecule has 134 valence electrons. The second-order valence-electron chi connectivity index (χ2n) is 5.70. The maximum absolute atomic E-state index is 11.9. The second-order valence-corrected chi connectivity index (χ2v) is 5.70. The summed E-state index contributed by atoms with van der Waals surface area (Å²) in [7, 11) is 0. The van der Waals surface area contributed by atoms with Gasteiger partial charge in [0.15, 0.2) is 0 Å². The minimum Gasteiger partial charge on any atom is -0.326 e. The maximum atomic E-state index is 11.9. The second kappa shape index (κ2) is 9.12. The van der Waals surface area contributed by atoms with Crippen LogP contribution in [0, 0.1) is 6.92 Å². The van der Waals surface area contributed by atoms with Gasteiger partial charge in [-0.1, -0.05) is 35.9 Å². The Morgan fingerprint density at radius 3 is 2.12 bits per heavy atom. The molecule has 3 N–H and O–H groups in total. The van der Waals surface area contributed by atoms with Crippen LogP contribution in [0.5, 0.6) is 0 Å². The summed E-state index contributed by atoms with van der Waals surface area (Å²) in [4.78, 5) is 35.4. The van der Waals surface area contributed by atoms with E-state index in [2.05, 4.69) is 21.2 Å². The van der Waals surface area contributed by atoms with Gasteiger partial charge in [-0.2, -0.15) is 5.10 Å². The first kappa shape index (κ1) is 18.9. The number of hydrazone groups is 1. The van der Waals surface area contributed by atoms with E-state index in [1.54, 1.807) is 49.4 Å². The predicted octanol–water partition coefficient (Wildman–Crippen LogP) is 2.45. The molecule has 0 saturated carbocycles. The molecule has 2 aromatic carbocycles. The van der Waals surface area contributed by atoms with E-state index < -0.39 is 11.8 Å². The molecule has 7 nitrogen and oxygen atoms in total. The highest BCUT2D eigenvalue weighted by atomic mass is 16.2. The quantitative estimate of drug-likeness (QED) is 0.438. The van der Waals surface area contributed by atoms with Crippen LogP contribution in [0.4, 0.5) is 11.4 Å². The summed E-state index contributed by atoms with van der Waals surface area (Å²) in [5.41, 5.74) is 4.79. The van der Waals surface area contributed by atoms with Crippen molar-refractivity contribution in [2.24, 2.45) is 5.10 Å². The van der Waals surface area contributed by atoms with Crippen LogP contribution >= 0.6 is 0 Å². The molecule has 3 amide bonds. The molecule has 0 fully saturated rings. The molecule has 0 aliphatic rings. The van der Waals surface area contributed by atoms with Crippen LogP contribution in [0.2, 0.25) is 0 Å². The molecule has 26 heavy (non-hydrogen) atoms. The van der Waals surface area contributed by atoms with E-state index in [9.17, 15) is 14.4 Å². The Bertz CT molecular complexity index is 814. The van der Waals surface area contributed by atoms with Gasteiger partial charge in [-0.05, 0) is 38.1 Å². The molecule has 0 heterocycles. The van der Waals surface area contributed by atoms with Crippen molar-refractivity contribution in [2.45, 2.75) is 20.3 Å². The summed E-state index contributed by atoms with van der Waals surface area (Å²) < 4.78 is 0. The molecule has 0 aromatic heterocycles. The first-order valence-electron chi connectivity index (χ1n) is 8.00. The topological polar surface area (TPSA) is 99.7 Å². The largest absolute Gasteiger partial charge is 0.329 e. The zero-order valence-electron chi connectivity index (χ0n) is 14.6. The number of rotatable bonds is 5. The van der Waals surface area contributed by atoms with E-state index >= 15 is 0 Å². The van der Waals surface area contributed by atoms with E-state index in [0.29, 0.717) is 17.1 Å². The summed E-state index contributed by atoms with van der Waals surface area (Å²) in [5.74, 6) is -2.01. The predicted molar refractivity (Wildman–Crippen MR) is 101 cm³/mol. The number of anilines is 2. The average Bonchev–Trinajstić information content (AvgIpc) is 2.62. The van der Waals surface area contributed by atoms with Crippen molar-refractivity contribution in [3.63, 3.8) is 0 Å². The fourth-order valence-corrected chi connectivity index (χ4v) is 2.02. The third-order valence-electron chi connectivity index (χ3n) is 3.34. The van der Waals surface area contributed by atoms with Crippen molar-refractivity contribution in [3.05, 3.63) is 60.2 Å². The number of carbonyl (C=O) groups is 3. The maximum Gasteiger partial charge on any atom is 0.329 e. The normalized spacial score (nSPS) is 10.8. The molecule has 0 saturated heterocycles. The first-order valence-corrected chi connectivity index (χ1v) is 8.00. The highest BCUT2D eigenvalue weighted by Crippen LogP contribution is 2.09. The fraction of sp³-hybridized carbons (Fsp3) is 0.158. The fourth-order valence-electron chi connectivity index (χ4n) is 2.02. The van der Waals surface area contributed by atoms with Gasteiger partial charge in [0, 0.05) is 17.1 Å². The Morgan fingerprint density at radius 2 is 1.46 bits per heavy atom. The monoisotopic (exact) mass is 352 g/mol. The van der Waals surface area contributed by atoms with Gasteiger partial charge in [0.1, 0.15) is 0 Å². The molecule has 7 heteroatoms. The Hall–Kier alpha value is -3.48. The van der Waals surface area contributed by atoms with E-state index in [1.165, 1.54) is 0 Å². The first-order chi connectivity index (χ1) is 12.4. The number of nitrogens with one attached hydrogen (secondary N) is 3. The van der Waals surface area contributed by atoms with Gasteiger partial charge < -0.3 is 10.6 Å². The van der Waals surface area contributed by atoms with Gasteiger partial charge >= 0.3 is 11.8 Å². The van der Waals surface area contributed by atoms with Crippen molar-refractivity contribution in [1.29, 1.82) is 0 Å². The number of nitrogens with zero attached hydrogens (tertiary/aromatic N) is 1. The lowest BCUT2D eigenvalue weighted by atomic mass is 10.2. The summed E-state index contributed by atoms with van der Waals surface area (Å²) in [6.07, 6.45) is -0.00550. The van der Waals surface area contributed by atoms with E-state index in [1.807, 2.05) is 19.1 Å². The minimum atomic E-state index is -0.910. The molecule has 2 aromatic rings. The van der Waals surface area contributed by atoms with Crippen LogP contribution in [0.25, 0.3) is 0 Å². The zero-order chi connectivity index (χ0) is 18.9. The number of amides is 3. The third-order valence-corrected chi connectivity index (χ3v) is 3.34. The number of para-hydroxylation sites is 1. The highest BCUT2D eigenvalue weighted by Gasteiger charge is 2.13. The van der Waals surface area contributed by atoms with Crippen LogP contribution in [-0.4, -0.2) is 23.4 Å². The Morgan fingerprint density at radius 1 is 0.846 bits per heavy atom. The molecule has 0 bridgehead atoms. The lowest BCUT2D eigenvalue weighted by molar-refractivity contribution is -0.136. The van der Waals surface area contributed by atoms with Gasteiger partial charge in [-0.15, -0.1) is 0 Å². The summed E-state index contributed by atoms with van der Waals surface area (Å²) in [5, 5.41) is 8.95. The average molecular weight is 352 g/mol. The number of carbonyl (C=O) groups excluding carboxylic acids is 3. The summed E-state index contributed by atoms with van der Waals surface area (Å²) in [6.45, 7) is 3.54. The van der Waals surface area contributed by atoms with Crippen LogP contribution in [0.15, 0.2) is 59.7 Å². The lowest BCUT2D eigenvalue weighted by Crippen LogP contribution is -2.33. The molecule has 0 aliphatic carbocycles. The SMILES string of the molecule is C/C(CC(=O)Nc1ccc(C)cc1)=N\NC(=O)C(=O)Nc1ccccc1. The number of hydrogen-bond acceptors (Lipinski definition) is 4. The van der Waals surface area contributed by atoms with Crippen molar-refractivity contribution < 1.29 is 14.4 Å². The van der Waals surface area contributed by atoms with Crippen LogP contribution in [-0.2, 0) is 14.4 Å². The molecule has 0 unspecified atom stereocenters. The Kier molecular flexibility index (Phi) is 6.61. The van der Waals surface area contributed by atoms with Crippen molar-refractivity contribution in [1.82, 2.24) is 5.43 Å². The zero-order valence-corrected chi connectivity index (χ0v) is 14.6. The Balaban J connectivity index is 1.81. The van der Waals surface area contributed by atoms with Crippen molar-refractivity contribution in [3.8, 4) is 0 Å². The van der Waals surface area contributed by atoms with Gasteiger partial charge in [0.2, 0.25) is 5.91 Å². The van der Waals surface area contributed by atoms with Gasteiger partial charge in [0.25, 0.3) is 0 Å². The van der Waals surface area contributed by atoms with Crippen molar-refractivity contribution in [2.75, 3.05) is 10.6 Å². The van der Waals surface area contributed by atoms with E-state index in [-0.39, 0.29) is 12.3 Å². The molecule has 0 spiro atoms. The summed E-state index contributed by atoms with van der Waals surface area (Å²) >= 11 is 0. The number of benzene rings is 2. The third kappa shape index (κ3) is 6.20. The molecular weight excluding hydrogens is 332 g/mol. The Labute approximate surface area is 151 Å². The number of hydrogen-bond donors (Lipinski definition) is 3. The molecule has 0 radical (unpaired) electrons. The van der Waals surface area contributed by atoms with Gasteiger partial charge in [-0.25, -0.2) is 5.43 Å². The van der Waals surface area contributed by atoms with Crippen LogP contribution in [0.1, 0.15) is 18.9 Å². The lowest BCUT2D eigenvalue weighted by Gasteiger charge is -2.06. The minimum absolute atomic E-state index is 0.00550. The van der Waals surface area contributed by atoms with Crippen LogP contribution in [0.3, 0.4) is 0 Å². The van der Waals surface area contributed by atoms with E-state index in [4.69, 9.17) is 0 Å². The van der Waals surface area contributed by atoms with E-state index in [0.717, 1.165) is 5.56 Å². The van der Waals surface area contributed by atoms with Crippen LogP contribution < -0.4 is 16.1 Å². The smallest absolute Gasteiger partial charge is 0.326 e. The van der Waals surface area contributed by atoms with Gasteiger partial charge in [0.05, 0.1) is 6.42 Å². The standard InChI is InChI=1S/C19H20N4O3/c1-13-8-10-16(11-9-13)20-17(24)12-14(2)22-23-19(26)18(25)21-15-6-4-3-5-7-15/h3-11H,12H2,1-2H3,(H,20,24)(H,21,25)(H,23,26)/b22-14+. The van der Waals surface area contributed by atoms with Gasteiger partial charge in [-0.3, -0.25) is 14.4 Å².